The van der Waals surface area contributed by atoms with Crippen molar-refractivity contribution in [2.75, 3.05) is 25.2 Å². The van der Waals surface area contributed by atoms with Crippen LogP contribution in [0.1, 0.15) is 46.5 Å². The van der Waals surface area contributed by atoms with Gasteiger partial charge in [0.15, 0.2) is 0 Å². The van der Waals surface area contributed by atoms with Crippen LogP contribution in [0.25, 0.3) is 0 Å². The van der Waals surface area contributed by atoms with Gasteiger partial charge >= 0.3 is 5.97 Å². The predicted molar refractivity (Wildman–Crippen MR) is 75.6 cm³/mol. The molecular formula is C13H27NO2S. The third-order valence-electron chi connectivity index (χ3n) is 2.82. The maximum absolute atomic E-state index is 11.8. The van der Waals surface area contributed by atoms with Crippen molar-refractivity contribution in [3.63, 3.8) is 0 Å². The molecule has 0 aliphatic rings. The second kappa shape index (κ2) is 9.77. The molecule has 0 aromatic carbocycles. The van der Waals surface area contributed by atoms with Crippen LogP contribution in [0.4, 0.5) is 0 Å². The van der Waals surface area contributed by atoms with Gasteiger partial charge in [0.1, 0.15) is 5.54 Å². The lowest BCUT2D eigenvalue weighted by Crippen LogP contribution is -2.50. The Bertz CT molecular complexity index is 212. The Kier molecular flexibility index (Phi) is 9.65. The zero-order valence-electron chi connectivity index (χ0n) is 11.7. The number of carbonyl (C=O) groups is 1. The molecule has 1 unspecified atom stereocenters. The van der Waals surface area contributed by atoms with Gasteiger partial charge in [-0.05, 0) is 44.2 Å². The molecule has 0 aliphatic heterocycles. The molecule has 1 N–H and O–H groups in total. The average Bonchev–Trinajstić information content (AvgIpc) is 2.35. The van der Waals surface area contributed by atoms with E-state index in [1.54, 1.807) is 0 Å². The van der Waals surface area contributed by atoms with E-state index in [0.717, 1.165) is 25.8 Å². The van der Waals surface area contributed by atoms with Crippen molar-refractivity contribution < 1.29 is 9.53 Å². The normalized spacial score (nSPS) is 14.4. The fourth-order valence-electron chi connectivity index (χ4n) is 1.72. The minimum Gasteiger partial charge on any atom is -0.468 e. The first-order valence-electron chi connectivity index (χ1n) is 6.52. The number of hydrogen-bond acceptors (Lipinski definition) is 4. The third kappa shape index (κ3) is 6.94. The number of rotatable bonds is 10. The van der Waals surface area contributed by atoms with Gasteiger partial charge in [-0.3, -0.25) is 4.79 Å². The third-order valence-corrected chi connectivity index (χ3v) is 3.81. The molecule has 4 heteroatoms. The number of nitrogens with one attached hydrogen (secondary N) is 1. The van der Waals surface area contributed by atoms with Gasteiger partial charge in [0.2, 0.25) is 0 Å². The van der Waals surface area contributed by atoms with Crippen LogP contribution < -0.4 is 5.32 Å². The lowest BCUT2D eigenvalue weighted by molar-refractivity contribution is -0.148. The van der Waals surface area contributed by atoms with Crippen LogP contribution in [0.3, 0.4) is 0 Å². The molecule has 0 spiro atoms. The maximum atomic E-state index is 11.8. The molecular weight excluding hydrogens is 234 g/mol. The van der Waals surface area contributed by atoms with Gasteiger partial charge in [-0.2, -0.15) is 11.8 Å². The van der Waals surface area contributed by atoms with E-state index in [0.29, 0.717) is 0 Å². The molecule has 0 aromatic rings. The van der Waals surface area contributed by atoms with E-state index < -0.39 is 5.54 Å². The van der Waals surface area contributed by atoms with Crippen molar-refractivity contribution in [3.8, 4) is 0 Å². The van der Waals surface area contributed by atoms with Crippen molar-refractivity contribution in [1.29, 1.82) is 0 Å². The van der Waals surface area contributed by atoms with E-state index in [9.17, 15) is 4.79 Å². The van der Waals surface area contributed by atoms with Crippen LogP contribution >= 0.6 is 11.8 Å². The average molecular weight is 261 g/mol. The molecule has 0 amide bonds. The van der Waals surface area contributed by atoms with Crippen LogP contribution in [0.2, 0.25) is 0 Å². The zero-order chi connectivity index (χ0) is 13.1. The van der Waals surface area contributed by atoms with E-state index in [4.69, 9.17) is 4.74 Å². The summed E-state index contributed by atoms with van der Waals surface area (Å²) in [5.41, 5.74) is -0.512. The van der Waals surface area contributed by atoms with Crippen molar-refractivity contribution in [3.05, 3.63) is 0 Å². The first-order chi connectivity index (χ1) is 8.10. The molecule has 0 radical (unpaired) electrons. The lowest BCUT2D eigenvalue weighted by atomic mass is 9.95. The summed E-state index contributed by atoms with van der Waals surface area (Å²) in [5, 5.41) is 3.31. The zero-order valence-corrected chi connectivity index (χ0v) is 12.5. The van der Waals surface area contributed by atoms with Crippen LogP contribution in [0.15, 0.2) is 0 Å². The molecule has 17 heavy (non-hydrogen) atoms. The van der Waals surface area contributed by atoms with Crippen molar-refractivity contribution >= 4 is 17.7 Å². The molecule has 102 valence electrons. The van der Waals surface area contributed by atoms with Crippen LogP contribution in [-0.4, -0.2) is 36.7 Å². The summed E-state index contributed by atoms with van der Waals surface area (Å²) in [7, 11) is 1.46. The SMILES string of the molecule is CCCNC(C)(CCCCSCC)C(=O)OC. The molecule has 1 atom stereocenters. The molecule has 3 nitrogen and oxygen atoms in total. The van der Waals surface area contributed by atoms with E-state index in [1.165, 1.54) is 25.0 Å². The second-order valence-electron chi connectivity index (χ2n) is 4.40. The Balaban J connectivity index is 4.05. The highest BCUT2D eigenvalue weighted by Gasteiger charge is 2.32. The minimum absolute atomic E-state index is 0.144. The summed E-state index contributed by atoms with van der Waals surface area (Å²) in [4.78, 5) is 11.8. The topological polar surface area (TPSA) is 38.3 Å². The summed E-state index contributed by atoms with van der Waals surface area (Å²) in [5.74, 6) is 2.21. The first-order valence-corrected chi connectivity index (χ1v) is 7.67. The van der Waals surface area contributed by atoms with Gasteiger partial charge in [0.05, 0.1) is 7.11 Å². The van der Waals surface area contributed by atoms with E-state index in [-0.39, 0.29) is 5.97 Å². The van der Waals surface area contributed by atoms with Crippen LogP contribution in [-0.2, 0) is 9.53 Å². The molecule has 0 saturated carbocycles. The molecule has 0 saturated heterocycles. The largest absolute Gasteiger partial charge is 0.468 e. The summed E-state index contributed by atoms with van der Waals surface area (Å²) >= 11 is 1.95. The van der Waals surface area contributed by atoms with Crippen LogP contribution in [0, 0.1) is 0 Å². The van der Waals surface area contributed by atoms with Gasteiger partial charge in [-0.1, -0.05) is 20.3 Å². The summed E-state index contributed by atoms with van der Waals surface area (Å²) in [6.07, 6.45) is 4.11. The molecule has 0 bridgehead atoms. The van der Waals surface area contributed by atoms with Crippen molar-refractivity contribution in [2.24, 2.45) is 0 Å². The smallest absolute Gasteiger partial charge is 0.325 e. The van der Waals surface area contributed by atoms with Crippen LogP contribution in [0.5, 0.6) is 0 Å². The first kappa shape index (κ1) is 16.8. The van der Waals surface area contributed by atoms with Crippen molar-refractivity contribution in [2.45, 2.75) is 52.0 Å². The minimum atomic E-state index is -0.512. The number of methoxy groups -OCH3 is 1. The molecule has 0 rings (SSSR count). The highest BCUT2D eigenvalue weighted by molar-refractivity contribution is 7.99. The standard InChI is InChI=1S/C13H27NO2S/c1-5-10-14-13(3,12(15)16-4)9-7-8-11-17-6-2/h14H,5-11H2,1-4H3. The number of esters is 1. The Hall–Kier alpha value is -0.220. The molecule has 0 aliphatic carbocycles. The quantitative estimate of drug-likeness (QED) is 0.485. The highest BCUT2D eigenvalue weighted by atomic mass is 32.2. The predicted octanol–water partition coefficient (Wildman–Crippen LogP) is 2.84. The van der Waals surface area contributed by atoms with Gasteiger partial charge in [-0.15, -0.1) is 0 Å². The Morgan fingerprint density at radius 1 is 1.35 bits per heavy atom. The fourth-order valence-corrected chi connectivity index (χ4v) is 2.41. The Morgan fingerprint density at radius 3 is 2.59 bits per heavy atom. The summed E-state index contributed by atoms with van der Waals surface area (Å²) in [6.45, 7) is 7.07. The monoisotopic (exact) mass is 261 g/mol. The lowest BCUT2D eigenvalue weighted by Gasteiger charge is -2.28. The number of carbonyl (C=O) groups excluding carboxylic acids is 1. The number of hydrogen-bond donors (Lipinski definition) is 1. The molecule has 0 heterocycles. The van der Waals surface area contributed by atoms with E-state index in [2.05, 4.69) is 19.2 Å². The number of ether oxygens (including phenoxy) is 1. The number of unbranched alkanes of at least 4 members (excludes halogenated alkanes) is 1. The second-order valence-corrected chi connectivity index (χ2v) is 5.80. The highest BCUT2D eigenvalue weighted by Crippen LogP contribution is 2.17. The van der Waals surface area contributed by atoms with E-state index >= 15 is 0 Å². The summed E-state index contributed by atoms with van der Waals surface area (Å²) in [6, 6.07) is 0. The van der Waals surface area contributed by atoms with Gasteiger partial charge in [-0.25, -0.2) is 0 Å². The summed E-state index contributed by atoms with van der Waals surface area (Å²) < 4.78 is 4.88. The van der Waals surface area contributed by atoms with E-state index in [1.807, 2.05) is 18.7 Å². The van der Waals surface area contributed by atoms with Gasteiger partial charge in [0, 0.05) is 0 Å². The van der Waals surface area contributed by atoms with Crippen molar-refractivity contribution in [1.82, 2.24) is 5.32 Å². The molecule has 0 fully saturated rings. The van der Waals surface area contributed by atoms with Gasteiger partial charge in [0.25, 0.3) is 0 Å². The Morgan fingerprint density at radius 2 is 2.06 bits per heavy atom. The molecule has 0 aromatic heterocycles. The van der Waals surface area contributed by atoms with Gasteiger partial charge < -0.3 is 10.1 Å². The Labute approximate surface area is 110 Å². The maximum Gasteiger partial charge on any atom is 0.325 e. The fraction of sp³-hybridized carbons (Fsp3) is 0.923. The number of thioether (sulfide) groups is 1.